The van der Waals surface area contributed by atoms with Gasteiger partial charge in [-0.15, -0.1) is 0 Å². The van der Waals surface area contributed by atoms with Gasteiger partial charge in [-0.25, -0.2) is 9.78 Å². The summed E-state index contributed by atoms with van der Waals surface area (Å²) in [5.41, 5.74) is -4.69. The summed E-state index contributed by atoms with van der Waals surface area (Å²) in [6.07, 6.45) is -7.03. The predicted octanol–water partition coefficient (Wildman–Crippen LogP) is 3.99. The quantitative estimate of drug-likeness (QED) is 0.501. The minimum Gasteiger partial charge on any atom is -0.444 e. The molecular formula is C12H12F5N3O4. The van der Waals surface area contributed by atoms with E-state index in [9.17, 15) is 36.9 Å². The number of nitrogens with one attached hydrogen (secondary N) is 1. The van der Waals surface area contributed by atoms with Crippen molar-refractivity contribution in [3.05, 3.63) is 28.1 Å². The standard InChI is InChI=1S/C12H12F5N3O4/c1-10(2,3)24-9(21)19-6-4-8(11(13,14)12(15,16)17)18-5-7(6)20(22)23/h4-5H,1-3H3,(H,18,19,21). The van der Waals surface area contributed by atoms with Crippen molar-refractivity contribution in [2.45, 2.75) is 38.5 Å². The summed E-state index contributed by atoms with van der Waals surface area (Å²) in [6, 6.07) is 0.0789. The van der Waals surface area contributed by atoms with Crippen molar-refractivity contribution in [2.24, 2.45) is 0 Å². The van der Waals surface area contributed by atoms with Crippen LogP contribution in [0.4, 0.5) is 38.1 Å². The van der Waals surface area contributed by atoms with E-state index in [-0.39, 0.29) is 12.3 Å². The minimum absolute atomic E-state index is 0.0789. The van der Waals surface area contributed by atoms with Gasteiger partial charge in [0.1, 0.15) is 23.2 Å². The maximum absolute atomic E-state index is 13.3. The van der Waals surface area contributed by atoms with E-state index >= 15 is 0 Å². The molecule has 0 aromatic carbocycles. The number of carbonyl (C=O) groups is 1. The number of anilines is 1. The fourth-order valence-corrected chi connectivity index (χ4v) is 1.42. The summed E-state index contributed by atoms with van der Waals surface area (Å²) in [5.74, 6) is -5.35. The minimum atomic E-state index is -5.96. The molecule has 1 N–H and O–H groups in total. The van der Waals surface area contributed by atoms with Crippen molar-refractivity contribution in [3.8, 4) is 0 Å². The van der Waals surface area contributed by atoms with Crippen LogP contribution in [0.25, 0.3) is 0 Å². The van der Waals surface area contributed by atoms with Gasteiger partial charge in [-0.3, -0.25) is 15.4 Å². The zero-order valence-corrected chi connectivity index (χ0v) is 12.6. The number of hydrogen-bond donors (Lipinski definition) is 1. The summed E-state index contributed by atoms with van der Waals surface area (Å²) in [4.78, 5) is 24.1. The lowest BCUT2D eigenvalue weighted by Crippen LogP contribution is -2.34. The first-order valence-corrected chi connectivity index (χ1v) is 6.24. The number of pyridine rings is 1. The number of amides is 1. The second-order valence-corrected chi connectivity index (χ2v) is 5.54. The van der Waals surface area contributed by atoms with E-state index in [0.29, 0.717) is 0 Å². The van der Waals surface area contributed by atoms with Gasteiger partial charge in [0.25, 0.3) is 0 Å². The van der Waals surface area contributed by atoms with Crippen LogP contribution in [0.15, 0.2) is 12.3 Å². The first-order chi connectivity index (χ1) is 10.6. The molecule has 1 aromatic heterocycles. The highest BCUT2D eigenvalue weighted by atomic mass is 19.4. The van der Waals surface area contributed by atoms with Crippen LogP contribution in [0, 0.1) is 10.1 Å². The van der Waals surface area contributed by atoms with Crippen molar-refractivity contribution in [2.75, 3.05) is 5.32 Å². The third-order valence-electron chi connectivity index (χ3n) is 2.39. The van der Waals surface area contributed by atoms with Crippen molar-refractivity contribution < 1.29 is 36.4 Å². The Morgan fingerprint density at radius 1 is 1.25 bits per heavy atom. The largest absolute Gasteiger partial charge is 0.459 e. The molecule has 0 bridgehead atoms. The highest BCUT2D eigenvalue weighted by molar-refractivity contribution is 5.88. The van der Waals surface area contributed by atoms with E-state index < -0.39 is 45.8 Å². The molecule has 0 aliphatic carbocycles. The average molecular weight is 357 g/mol. The molecular weight excluding hydrogens is 345 g/mol. The second kappa shape index (κ2) is 6.17. The molecule has 0 radical (unpaired) electrons. The molecule has 0 atom stereocenters. The third kappa shape index (κ3) is 4.49. The van der Waals surface area contributed by atoms with Gasteiger partial charge in [-0.1, -0.05) is 0 Å². The molecule has 0 aliphatic heterocycles. The number of nitro groups is 1. The lowest BCUT2D eigenvalue weighted by molar-refractivity contribution is -0.384. The Kier molecular flexibility index (Phi) is 5.02. The highest BCUT2D eigenvalue weighted by Crippen LogP contribution is 2.44. The van der Waals surface area contributed by atoms with Crippen molar-refractivity contribution in [3.63, 3.8) is 0 Å². The van der Waals surface area contributed by atoms with Gasteiger partial charge in [0.2, 0.25) is 0 Å². The summed E-state index contributed by atoms with van der Waals surface area (Å²) >= 11 is 0. The SMILES string of the molecule is CC(C)(C)OC(=O)Nc1cc(C(F)(F)C(F)(F)F)ncc1[N+](=O)[O-]. The Balaban J connectivity index is 3.29. The molecule has 0 spiro atoms. The van der Waals surface area contributed by atoms with Crippen LogP contribution in [0.1, 0.15) is 26.5 Å². The summed E-state index contributed by atoms with van der Waals surface area (Å²) in [7, 11) is 0. The Hall–Kier alpha value is -2.53. The number of ether oxygens (including phenoxy) is 1. The lowest BCUT2D eigenvalue weighted by Gasteiger charge is -2.21. The smallest absolute Gasteiger partial charge is 0.444 e. The number of carbonyl (C=O) groups excluding carboxylic acids is 1. The first kappa shape index (κ1) is 19.5. The van der Waals surface area contributed by atoms with E-state index in [1.165, 1.54) is 20.8 Å². The van der Waals surface area contributed by atoms with Gasteiger partial charge in [-0.2, -0.15) is 22.0 Å². The van der Waals surface area contributed by atoms with E-state index in [2.05, 4.69) is 4.98 Å². The Labute approximate surface area is 132 Å². The van der Waals surface area contributed by atoms with Gasteiger partial charge < -0.3 is 4.74 Å². The number of alkyl halides is 5. The summed E-state index contributed by atoms with van der Waals surface area (Å²) in [6.45, 7) is 4.37. The van der Waals surface area contributed by atoms with Gasteiger partial charge in [0, 0.05) is 0 Å². The number of halogens is 5. The molecule has 0 fully saturated rings. The number of rotatable bonds is 3. The molecule has 0 saturated heterocycles. The molecule has 1 rings (SSSR count). The zero-order chi connectivity index (χ0) is 18.9. The van der Waals surface area contributed by atoms with Crippen LogP contribution in [-0.2, 0) is 10.7 Å². The maximum atomic E-state index is 13.3. The molecule has 7 nitrogen and oxygen atoms in total. The number of aromatic nitrogens is 1. The number of nitrogens with zero attached hydrogens (tertiary/aromatic N) is 2. The third-order valence-corrected chi connectivity index (χ3v) is 2.39. The molecule has 1 amide bonds. The highest BCUT2D eigenvalue weighted by Gasteiger charge is 2.60. The van der Waals surface area contributed by atoms with E-state index in [4.69, 9.17) is 4.74 Å². The molecule has 0 saturated carbocycles. The number of hydrogen-bond acceptors (Lipinski definition) is 5. The maximum Gasteiger partial charge on any atom is 0.459 e. The first-order valence-electron chi connectivity index (χ1n) is 6.24. The Morgan fingerprint density at radius 3 is 2.21 bits per heavy atom. The average Bonchev–Trinajstić information content (AvgIpc) is 2.34. The fraction of sp³-hybridized carbons (Fsp3) is 0.500. The van der Waals surface area contributed by atoms with Crippen LogP contribution < -0.4 is 5.32 Å². The molecule has 0 unspecified atom stereocenters. The van der Waals surface area contributed by atoms with Gasteiger partial charge in [0.05, 0.1) is 4.92 Å². The predicted molar refractivity (Wildman–Crippen MR) is 70.7 cm³/mol. The van der Waals surface area contributed by atoms with E-state index in [1.54, 1.807) is 5.32 Å². The van der Waals surface area contributed by atoms with Crippen molar-refractivity contribution >= 4 is 17.5 Å². The molecule has 12 heteroatoms. The monoisotopic (exact) mass is 357 g/mol. The van der Waals surface area contributed by atoms with Crippen LogP contribution in [0.5, 0.6) is 0 Å². The molecule has 134 valence electrons. The van der Waals surface area contributed by atoms with Crippen molar-refractivity contribution in [1.29, 1.82) is 0 Å². The summed E-state index contributed by atoms with van der Waals surface area (Å²) in [5, 5.41) is 12.6. The van der Waals surface area contributed by atoms with Crippen LogP contribution in [0.3, 0.4) is 0 Å². The van der Waals surface area contributed by atoms with Gasteiger partial charge in [0.15, 0.2) is 0 Å². The normalized spacial score (nSPS) is 12.7. The van der Waals surface area contributed by atoms with Crippen molar-refractivity contribution in [1.82, 2.24) is 4.98 Å². The van der Waals surface area contributed by atoms with Crippen LogP contribution in [-0.4, -0.2) is 27.8 Å². The molecule has 1 aromatic rings. The van der Waals surface area contributed by atoms with Crippen LogP contribution in [0.2, 0.25) is 0 Å². The van der Waals surface area contributed by atoms with Gasteiger partial charge >= 0.3 is 23.9 Å². The zero-order valence-electron chi connectivity index (χ0n) is 12.6. The second-order valence-electron chi connectivity index (χ2n) is 5.54. The topological polar surface area (TPSA) is 94.4 Å². The van der Waals surface area contributed by atoms with E-state index in [1.807, 2.05) is 0 Å². The summed E-state index contributed by atoms with van der Waals surface area (Å²) < 4.78 is 68.4. The Bertz CT molecular complexity index is 655. The Morgan fingerprint density at radius 2 is 1.79 bits per heavy atom. The molecule has 1 heterocycles. The lowest BCUT2D eigenvalue weighted by atomic mass is 10.2. The van der Waals surface area contributed by atoms with E-state index in [0.717, 1.165) is 0 Å². The van der Waals surface area contributed by atoms with Gasteiger partial charge in [-0.05, 0) is 26.8 Å². The molecule has 0 aliphatic rings. The van der Waals surface area contributed by atoms with Crippen LogP contribution >= 0.6 is 0 Å². The fourth-order valence-electron chi connectivity index (χ4n) is 1.42. The molecule has 24 heavy (non-hydrogen) atoms.